The summed E-state index contributed by atoms with van der Waals surface area (Å²) in [6, 6.07) is 15.6. The standard InChI is InChI=1S/C23H28N2O2/c1-23(2,3)19-11-5-16(6-12-19)15-25(4)22(27)18-9-7-17(8-10-18)21(26)24-20-13-14-20/h5-12,20H,13-15H2,1-4H3,(H,24,26). The van der Waals surface area contributed by atoms with Crippen LogP contribution in [-0.4, -0.2) is 29.8 Å². The molecular weight excluding hydrogens is 336 g/mol. The summed E-state index contributed by atoms with van der Waals surface area (Å²) in [7, 11) is 1.80. The average Bonchev–Trinajstić information content (AvgIpc) is 3.45. The smallest absolute Gasteiger partial charge is 0.253 e. The maximum absolute atomic E-state index is 12.7. The van der Waals surface area contributed by atoms with E-state index in [1.165, 1.54) is 5.56 Å². The van der Waals surface area contributed by atoms with Gasteiger partial charge >= 0.3 is 0 Å². The van der Waals surface area contributed by atoms with Gasteiger partial charge in [0.05, 0.1) is 0 Å². The first-order valence-corrected chi connectivity index (χ1v) is 9.50. The lowest BCUT2D eigenvalue weighted by Gasteiger charge is -2.21. The molecule has 1 N–H and O–H groups in total. The van der Waals surface area contributed by atoms with Gasteiger partial charge in [0.15, 0.2) is 0 Å². The number of hydrogen-bond acceptors (Lipinski definition) is 2. The van der Waals surface area contributed by atoms with E-state index in [-0.39, 0.29) is 17.2 Å². The minimum absolute atomic E-state index is 0.0518. The molecule has 4 heteroatoms. The molecular formula is C23H28N2O2. The van der Waals surface area contributed by atoms with E-state index >= 15 is 0 Å². The van der Waals surface area contributed by atoms with Crippen LogP contribution in [0.4, 0.5) is 0 Å². The van der Waals surface area contributed by atoms with Gasteiger partial charge in [-0.15, -0.1) is 0 Å². The lowest BCUT2D eigenvalue weighted by molar-refractivity contribution is 0.0784. The van der Waals surface area contributed by atoms with Crippen LogP contribution in [0.1, 0.15) is 65.5 Å². The quantitative estimate of drug-likeness (QED) is 0.866. The van der Waals surface area contributed by atoms with Crippen molar-refractivity contribution in [2.75, 3.05) is 7.05 Å². The van der Waals surface area contributed by atoms with E-state index in [0.717, 1.165) is 18.4 Å². The van der Waals surface area contributed by atoms with Crippen LogP contribution in [0, 0.1) is 0 Å². The second-order valence-corrected chi connectivity index (χ2v) is 8.43. The fourth-order valence-electron chi connectivity index (χ4n) is 2.94. The van der Waals surface area contributed by atoms with Crippen molar-refractivity contribution in [1.82, 2.24) is 10.2 Å². The lowest BCUT2D eigenvalue weighted by Crippen LogP contribution is -2.27. The van der Waals surface area contributed by atoms with Gasteiger partial charge in [0.25, 0.3) is 11.8 Å². The minimum Gasteiger partial charge on any atom is -0.349 e. The first kappa shape index (κ1) is 19.2. The van der Waals surface area contributed by atoms with Crippen molar-refractivity contribution in [1.29, 1.82) is 0 Å². The number of carbonyl (C=O) groups excluding carboxylic acids is 2. The van der Waals surface area contributed by atoms with Gasteiger partial charge in [-0.05, 0) is 53.6 Å². The maximum atomic E-state index is 12.7. The molecule has 4 nitrogen and oxygen atoms in total. The highest BCUT2D eigenvalue weighted by Gasteiger charge is 2.24. The van der Waals surface area contributed by atoms with Crippen LogP contribution >= 0.6 is 0 Å². The Labute approximate surface area is 161 Å². The van der Waals surface area contributed by atoms with Crippen LogP contribution in [0.3, 0.4) is 0 Å². The molecule has 142 valence electrons. The number of nitrogens with one attached hydrogen (secondary N) is 1. The van der Waals surface area contributed by atoms with Crippen molar-refractivity contribution >= 4 is 11.8 Å². The van der Waals surface area contributed by atoms with E-state index in [1.54, 1.807) is 36.2 Å². The first-order chi connectivity index (χ1) is 12.7. The topological polar surface area (TPSA) is 49.4 Å². The molecule has 27 heavy (non-hydrogen) atoms. The second-order valence-electron chi connectivity index (χ2n) is 8.43. The summed E-state index contributed by atoms with van der Waals surface area (Å²) in [5, 5.41) is 2.96. The molecule has 0 radical (unpaired) electrons. The summed E-state index contributed by atoms with van der Waals surface area (Å²) < 4.78 is 0. The third-order valence-electron chi connectivity index (χ3n) is 4.89. The van der Waals surface area contributed by atoms with Gasteiger partial charge in [-0.3, -0.25) is 9.59 Å². The number of amides is 2. The summed E-state index contributed by atoms with van der Waals surface area (Å²) in [5.74, 6) is -0.118. The minimum atomic E-state index is -0.0659. The summed E-state index contributed by atoms with van der Waals surface area (Å²) in [6.07, 6.45) is 2.12. The molecule has 1 fully saturated rings. The summed E-state index contributed by atoms with van der Waals surface area (Å²) >= 11 is 0. The molecule has 1 aliphatic carbocycles. The van der Waals surface area contributed by atoms with Gasteiger partial charge in [0.1, 0.15) is 0 Å². The number of carbonyl (C=O) groups is 2. The molecule has 0 bridgehead atoms. The zero-order chi connectivity index (χ0) is 19.6. The van der Waals surface area contributed by atoms with Crippen LogP contribution in [0.2, 0.25) is 0 Å². The van der Waals surface area contributed by atoms with Crippen molar-refractivity contribution in [3.05, 3.63) is 70.8 Å². The lowest BCUT2D eigenvalue weighted by atomic mass is 9.87. The fraction of sp³-hybridized carbons (Fsp3) is 0.391. The third kappa shape index (κ3) is 4.97. The van der Waals surface area contributed by atoms with E-state index in [1.807, 2.05) is 0 Å². The monoisotopic (exact) mass is 364 g/mol. The molecule has 1 aliphatic rings. The zero-order valence-electron chi connectivity index (χ0n) is 16.6. The van der Waals surface area contributed by atoms with Crippen molar-refractivity contribution in [3.63, 3.8) is 0 Å². The van der Waals surface area contributed by atoms with Crippen LogP contribution in [-0.2, 0) is 12.0 Å². The normalized spacial score (nSPS) is 13.9. The molecule has 0 atom stereocenters. The molecule has 0 aliphatic heterocycles. The van der Waals surface area contributed by atoms with Gasteiger partial charge in [-0.25, -0.2) is 0 Å². The highest BCUT2D eigenvalue weighted by molar-refractivity contribution is 5.97. The van der Waals surface area contributed by atoms with E-state index in [9.17, 15) is 9.59 Å². The Morgan fingerprint density at radius 2 is 1.52 bits per heavy atom. The first-order valence-electron chi connectivity index (χ1n) is 9.50. The zero-order valence-corrected chi connectivity index (χ0v) is 16.6. The number of rotatable bonds is 5. The van der Waals surface area contributed by atoms with Crippen molar-refractivity contribution in [2.45, 2.75) is 51.6 Å². The van der Waals surface area contributed by atoms with E-state index in [4.69, 9.17) is 0 Å². The van der Waals surface area contributed by atoms with Crippen molar-refractivity contribution in [3.8, 4) is 0 Å². The maximum Gasteiger partial charge on any atom is 0.253 e. The largest absolute Gasteiger partial charge is 0.349 e. The number of benzene rings is 2. The van der Waals surface area contributed by atoms with Crippen molar-refractivity contribution < 1.29 is 9.59 Å². The van der Waals surface area contributed by atoms with Gasteiger partial charge in [-0.2, -0.15) is 0 Å². The Kier molecular flexibility index (Phi) is 5.36. The molecule has 0 saturated heterocycles. The molecule has 2 aromatic carbocycles. The summed E-state index contributed by atoms with van der Waals surface area (Å²) in [6.45, 7) is 7.11. The summed E-state index contributed by atoms with van der Waals surface area (Å²) in [4.78, 5) is 26.4. The Morgan fingerprint density at radius 1 is 0.963 bits per heavy atom. The molecule has 0 spiro atoms. The Bertz CT molecular complexity index is 813. The third-order valence-corrected chi connectivity index (χ3v) is 4.89. The number of hydrogen-bond donors (Lipinski definition) is 1. The molecule has 2 aromatic rings. The molecule has 1 saturated carbocycles. The summed E-state index contributed by atoms with van der Waals surface area (Å²) in [5.41, 5.74) is 3.68. The fourth-order valence-corrected chi connectivity index (χ4v) is 2.94. The highest BCUT2D eigenvalue weighted by atomic mass is 16.2. The SMILES string of the molecule is CN(Cc1ccc(C(C)(C)C)cc1)C(=O)c1ccc(C(=O)NC2CC2)cc1. The second kappa shape index (κ2) is 7.55. The molecule has 3 rings (SSSR count). The molecule has 0 aromatic heterocycles. The van der Waals surface area contributed by atoms with Crippen LogP contribution < -0.4 is 5.32 Å². The molecule has 0 unspecified atom stereocenters. The predicted octanol–water partition coefficient (Wildman–Crippen LogP) is 4.15. The number of nitrogens with zero attached hydrogens (tertiary/aromatic N) is 1. The van der Waals surface area contributed by atoms with E-state index in [2.05, 4.69) is 50.4 Å². The Hall–Kier alpha value is -2.62. The van der Waals surface area contributed by atoms with Crippen LogP contribution in [0.5, 0.6) is 0 Å². The van der Waals surface area contributed by atoms with Crippen LogP contribution in [0.15, 0.2) is 48.5 Å². The Morgan fingerprint density at radius 3 is 2.04 bits per heavy atom. The molecule has 0 heterocycles. The Balaban J connectivity index is 1.61. The van der Waals surface area contributed by atoms with Crippen LogP contribution in [0.25, 0.3) is 0 Å². The van der Waals surface area contributed by atoms with E-state index < -0.39 is 0 Å². The molecule has 2 amide bonds. The van der Waals surface area contributed by atoms with Gasteiger partial charge in [-0.1, -0.05) is 45.0 Å². The van der Waals surface area contributed by atoms with Gasteiger partial charge in [0, 0.05) is 30.8 Å². The van der Waals surface area contributed by atoms with Gasteiger partial charge in [0.2, 0.25) is 0 Å². The highest BCUT2D eigenvalue weighted by Crippen LogP contribution is 2.23. The van der Waals surface area contributed by atoms with E-state index in [0.29, 0.717) is 23.7 Å². The van der Waals surface area contributed by atoms with Crippen molar-refractivity contribution in [2.24, 2.45) is 0 Å². The van der Waals surface area contributed by atoms with Gasteiger partial charge < -0.3 is 10.2 Å². The average molecular weight is 364 g/mol. The predicted molar refractivity (Wildman–Crippen MR) is 108 cm³/mol.